The second kappa shape index (κ2) is 5.00. The summed E-state index contributed by atoms with van der Waals surface area (Å²) in [7, 11) is 0. The molecule has 5 heteroatoms. The van der Waals surface area contributed by atoms with Crippen LogP contribution >= 0.6 is 31.9 Å². The highest BCUT2D eigenvalue weighted by Crippen LogP contribution is 2.17. The van der Waals surface area contributed by atoms with Gasteiger partial charge in [0.15, 0.2) is 0 Å². The number of rotatable bonds is 1. The third kappa shape index (κ3) is 3.17. The van der Waals surface area contributed by atoms with Gasteiger partial charge in [0, 0.05) is 28.0 Å². The highest BCUT2D eigenvalue weighted by Gasteiger charge is 2.02. The summed E-state index contributed by atoms with van der Waals surface area (Å²) in [6.45, 7) is 0. The molecular weight excluding hydrogens is 300 g/mol. The van der Waals surface area contributed by atoms with Gasteiger partial charge in [-0.15, -0.1) is 0 Å². The first-order chi connectivity index (χ1) is 6.24. The average Bonchev–Trinajstić information content (AvgIpc) is 2.09. The van der Waals surface area contributed by atoms with E-state index in [1.54, 1.807) is 18.3 Å². The van der Waals surface area contributed by atoms with Crippen LogP contribution in [0.25, 0.3) is 0 Å². The number of nitrogens with one attached hydrogen (secondary N) is 1. The molecule has 0 spiro atoms. The van der Waals surface area contributed by atoms with Gasteiger partial charge in [0.05, 0.1) is 4.47 Å². The maximum absolute atomic E-state index is 11.0. The monoisotopic (exact) mass is 302 g/mol. The predicted octanol–water partition coefficient (Wildman–Crippen LogP) is 2.14. The standard InChI is InChI=1S/C8H4Br2N2O/c9-4-3-7(13)12-8-6(10)2-1-5-11-8/h1-2,5H,(H,11,12,13). The van der Waals surface area contributed by atoms with E-state index in [2.05, 4.69) is 52.9 Å². The Morgan fingerprint density at radius 2 is 2.38 bits per heavy atom. The van der Waals surface area contributed by atoms with E-state index in [0.29, 0.717) is 5.82 Å². The number of amides is 1. The molecule has 0 aromatic carbocycles. The highest BCUT2D eigenvalue weighted by molar-refractivity contribution is 9.12. The fraction of sp³-hybridized carbons (Fsp3) is 0. The molecule has 13 heavy (non-hydrogen) atoms. The number of anilines is 1. The lowest BCUT2D eigenvalue weighted by Crippen LogP contribution is -2.09. The first-order valence-electron chi connectivity index (χ1n) is 3.27. The molecule has 0 fully saturated rings. The number of pyridine rings is 1. The number of aromatic nitrogens is 1. The van der Waals surface area contributed by atoms with E-state index in [1.807, 2.05) is 0 Å². The highest BCUT2D eigenvalue weighted by atomic mass is 79.9. The molecule has 1 heterocycles. The van der Waals surface area contributed by atoms with Crippen molar-refractivity contribution >= 4 is 43.6 Å². The van der Waals surface area contributed by atoms with E-state index >= 15 is 0 Å². The Labute approximate surface area is 92.2 Å². The molecular formula is C8H4Br2N2O. The van der Waals surface area contributed by atoms with Crippen LogP contribution in [0.15, 0.2) is 22.8 Å². The second-order valence-electron chi connectivity index (χ2n) is 2.01. The van der Waals surface area contributed by atoms with E-state index in [-0.39, 0.29) is 0 Å². The van der Waals surface area contributed by atoms with Crippen molar-refractivity contribution in [3.05, 3.63) is 22.8 Å². The first kappa shape index (κ1) is 10.2. The number of hydrogen-bond acceptors (Lipinski definition) is 2. The third-order valence-corrected chi connectivity index (χ3v) is 1.99. The van der Waals surface area contributed by atoms with Crippen molar-refractivity contribution in [1.82, 2.24) is 4.98 Å². The van der Waals surface area contributed by atoms with Gasteiger partial charge >= 0.3 is 5.91 Å². The number of nitrogens with zero attached hydrogens (tertiary/aromatic N) is 1. The lowest BCUT2D eigenvalue weighted by Gasteiger charge is -2.00. The Morgan fingerprint density at radius 3 is 3.00 bits per heavy atom. The first-order valence-corrected chi connectivity index (χ1v) is 4.86. The molecule has 1 aromatic rings. The second-order valence-corrected chi connectivity index (χ2v) is 3.26. The Balaban J connectivity index is 2.78. The van der Waals surface area contributed by atoms with Crippen molar-refractivity contribution in [1.29, 1.82) is 0 Å². The smallest absolute Gasteiger partial charge is 0.299 e. The van der Waals surface area contributed by atoms with Crippen LogP contribution in [0.5, 0.6) is 0 Å². The molecule has 0 aliphatic carbocycles. The topological polar surface area (TPSA) is 42.0 Å². The van der Waals surface area contributed by atoms with Crippen molar-refractivity contribution in [2.75, 3.05) is 5.32 Å². The van der Waals surface area contributed by atoms with Crippen molar-refractivity contribution in [2.24, 2.45) is 0 Å². The predicted molar refractivity (Wildman–Crippen MR) is 57.3 cm³/mol. The van der Waals surface area contributed by atoms with Crippen LogP contribution in [-0.4, -0.2) is 10.9 Å². The van der Waals surface area contributed by atoms with E-state index in [1.165, 1.54) is 0 Å². The lowest BCUT2D eigenvalue weighted by molar-refractivity contribution is -0.111. The van der Waals surface area contributed by atoms with Crippen LogP contribution < -0.4 is 5.32 Å². The van der Waals surface area contributed by atoms with Gasteiger partial charge in [0.25, 0.3) is 0 Å². The van der Waals surface area contributed by atoms with Crippen molar-refractivity contribution in [2.45, 2.75) is 0 Å². The van der Waals surface area contributed by atoms with Gasteiger partial charge in [0.2, 0.25) is 0 Å². The van der Waals surface area contributed by atoms with Crippen molar-refractivity contribution < 1.29 is 4.79 Å². The quantitative estimate of drug-likeness (QED) is 0.808. The molecule has 0 aliphatic heterocycles. The van der Waals surface area contributed by atoms with Gasteiger partial charge in [-0.2, -0.15) is 0 Å². The van der Waals surface area contributed by atoms with Crippen molar-refractivity contribution in [3.8, 4) is 10.8 Å². The minimum absolute atomic E-state index is 0.406. The summed E-state index contributed by atoms with van der Waals surface area (Å²) in [5.74, 6) is 2.33. The maximum Gasteiger partial charge on any atom is 0.302 e. The van der Waals surface area contributed by atoms with Crippen LogP contribution in [0.3, 0.4) is 0 Å². The molecule has 1 amide bonds. The Bertz CT molecular complexity index is 381. The van der Waals surface area contributed by atoms with Gasteiger partial charge in [-0.3, -0.25) is 10.1 Å². The molecule has 0 radical (unpaired) electrons. The van der Waals surface area contributed by atoms with Crippen LogP contribution in [0.1, 0.15) is 0 Å². The van der Waals surface area contributed by atoms with E-state index in [4.69, 9.17) is 0 Å². The SMILES string of the molecule is O=C(C#CBr)Nc1ncccc1Br. The third-order valence-electron chi connectivity index (χ3n) is 1.15. The van der Waals surface area contributed by atoms with Gasteiger partial charge in [0.1, 0.15) is 5.82 Å². The molecule has 66 valence electrons. The summed E-state index contributed by atoms with van der Waals surface area (Å²) in [4.78, 5) is 17.2. The summed E-state index contributed by atoms with van der Waals surface area (Å²) >= 11 is 6.07. The normalized spacial score (nSPS) is 8.46. The van der Waals surface area contributed by atoms with Crippen LogP contribution in [0, 0.1) is 10.8 Å². The molecule has 0 saturated heterocycles. The number of carbonyl (C=O) groups excluding carboxylic acids is 1. The minimum atomic E-state index is -0.406. The van der Waals surface area contributed by atoms with E-state index in [0.717, 1.165) is 4.47 Å². The van der Waals surface area contributed by atoms with Crippen LogP contribution in [0.4, 0.5) is 5.82 Å². The zero-order valence-electron chi connectivity index (χ0n) is 6.34. The molecule has 3 nitrogen and oxygen atoms in total. The maximum atomic E-state index is 11.0. The summed E-state index contributed by atoms with van der Waals surface area (Å²) in [6.07, 6.45) is 1.59. The van der Waals surface area contributed by atoms with E-state index < -0.39 is 5.91 Å². The zero-order chi connectivity index (χ0) is 9.68. The number of carbonyl (C=O) groups is 1. The fourth-order valence-corrected chi connectivity index (χ4v) is 1.19. The molecule has 0 saturated carbocycles. The fourth-order valence-electron chi connectivity index (χ4n) is 0.659. The summed E-state index contributed by atoms with van der Waals surface area (Å²) in [6, 6.07) is 3.54. The molecule has 0 bridgehead atoms. The molecule has 0 atom stereocenters. The van der Waals surface area contributed by atoms with Crippen molar-refractivity contribution in [3.63, 3.8) is 0 Å². The van der Waals surface area contributed by atoms with Gasteiger partial charge in [-0.1, -0.05) is 0 Å². The molecule has 1 rings (SSSR count). The molecule has 1 aromatic heterocycles. The number of hydrogen-bond donors (Lipinski definition) is 1. The molecule has 1 N–H and O–H groups in total. The Morgan fingerprint density at radius 1 is 1.62 bits per heavy atom. The largest absolute Gasteiger partial charge is 0.302 e. The minimum Gasteiger partial charge on any atom is -0.299 e. The average molecular weight is 304 g/mol. The Kier molecular flexibility index (Phi) is 3.93. The number of halogens is 2. The molecule has 0 unspecified atom stereocenters. The Hall–Kier alpha value is -0.860. The lowest BCUT2D eigenvalue weighted by atomic mass is 10.4. The van der Waals surface area contributed by atoms with Gasteiger partial charge in [-0.25, -0.2) is 4.98 Å². The van der Waals surface area contributed by atoms with Gasteiger partial charge < -0.3 is 0 Å². The van der Waals surface area contributed by atoms with Crippen LogP contribution in [0.2, 0.25) is 0 Å². The summed E-state index contributed by atoms with van der Waals surface area (Å²) in [5.41, 5.74) is 0. The summed E-state index contributed by atoms with van der Waals surface area (Å²) < 4.78 is 0.722. The van der Waals surface area contributed by atoms with E-state index in [9.17, 15) is 4.79 Å². The zero-order valence-corrected chi connectivity index (χ0v) is 9.52. The summed E-state index contributed by atoms with van der Waals surface area (Å²) in [5, 5.41) is 2.51. The molecule has 0 aliphatic rings. The van der Waals surface area contributed by atoms with Gasteiger partial charge in [-0.05, 0) is 32.9 Å². The van der Waals surface area contributed by atoms with Crippen LogP contribution in [-0.2, 0) is 4.79 Å².